The molecule has 5 rings (SSSR count). The number of imidazole rings is 1. The first-order chi connectivity index (χ1) is 18.7. The quantitative estimate of drug-likeness (QED) is 0.273. The van der Waals surface area contributed by atoms with Gasteiger partial charge in [-0.2, -0.15) is 5.10 Å². The van der Waals surface area contributed by atoms with Gasteiger partial charge in [-0.1, -0.05) is 30.3 Å². The molecule has 0 saturated heterocycles. The predicted octanol–water partition coefficient (Wildman–Crippen LogP) is 5.34. The molecule has 0 aliphatic rings. The van der Waals surface area contributed by atoms with Gasteiger partial charge in [-0.3, -0.25) is 0 Å². The molecule has 0 radical (unpaired) electrons. The van der Waals surface area contributed by atoms with Crippen molar-refractivity contribution in [1.29, 1.82) is 0 Å². The molecule has 0 spiro atoms. The van der Waals surface area contributed by atoms with Crippen LogP contribution in [0.5, 0.6) is 0 Å². The first-order valence-electron chi connectivity index (χ1n) is 12.7. The summed E-state index contributed by atoms with van der Waals surface area (Å²) < 4.78 is 13.8. The molecule has 0 fully saturated rings. The Kier molecular flexibility index (Phi) is 6.78. The minimum absolute atomic E-state index is 0.206. The van der Waals surface area contributed by atoms with Gasteiger partial charge in [0.2, 0.25) is 0 Å². The molecule has 0 bridgehead atoms. The van der Waals surface area contributed by atoms with Crippen molar-refractivity contribution in [3.05, 3.63) is 78.4 Å². The standard InChI is InChI=1S/C29H30N6O4/c1-6-38-27(36)24-16-31-26-23(33(5)17-19-11-8-7-9-12-19)15-22(32-35(24)26)21-18-34(28(37)39-29(2,3)4)25-20(21)13-10-14-30-25/h7-16,18H,6,17H2,1-5H3. The van der Waals surface area contributed by atoms with Crippen molar-refractivity contribution in [2.75, 3.05) is 18.6 Å². The zero-order valence-corrected chi connectivity index (χ0v) is 22.6. The van der Waals surface area contributed by atoms with Crippen LogP contribution in [0.2, 0.25) is 0 Å². The first kappa shape index (κ1) is 25.9. The minimum atomic E-state index is -0.682. The lowest BCUT2D eigenvalue weighted by atomic mass is 10.1. The summed E-state index contributed by atoms with van der Waals surface area (Å²) in [7, 11) is 1.95. The number of hydrogen-bond acceptors (Lipinski definition) is 8. The Bertz CT molecular complexity index is 1670. The Labute approximate surface area is 225 Å². The normalized spacial score (nSPS) is 11.6. The molecule has 0 amide bonds. The summed E-state index contributed by atoms with van der Waals surface area (Å²) in [6.07, 6.45) is 4.21. The van der Waals surface area contributed by atoms with Gasteiger partial charge in [0, 0.05) is 36.9 Å². The monoisotopic (exact) mass is 526 g/mol. The molecule has 0 aliphatic carbocycles. The van der Waals surface area contributed by atoms with Crippen LogP contribution in [-0.2, 0) is 16.0 Å². The summed E-state index contributed by atoms with van der Waals surface area (Å²) in [5.41, 5.74) is 3.52. The van der Waals surface area contributed by atoms with Gasteiger partial charge in [-0.05, 0) is 51.5 Å². The van der Waals surface area contributed by atoms with Crippen LogP contribution in [0.3, 0.4) is 0 Å². The predicted molar refractivity (Wildman–Crippen MR) is 148 cm³/mol. The Morgan fingerprint density at radius 1 is 1.03 bits per heavy atom. The first-order valence-corrected chi connectivity index (χ1v) is 12.7. The van der Waals surface area contributed by atoms with Crippen LogP contribution < -0.4 is 4.90 Å². The van der Waals surface area contributed by atoms with E-state index < -0.39 is 17.7 Å². The van der Waals surface area contributed by atoms with Crippen molar-refractivity contribution < 1.29 is 19.1 Å². The van der Waals surface area contributed by atoms with Crippen LogP contribution in [0.25, 0.3) is 27.9 Å². The maximum atomic E-state index is 13.1. The van der Waals surface area contributed by atoms with Gasteiger partial charge in [0.25, 0.3) is 0 Å². The molecule has 0 saturated carbocycles. The Morgan fingerprint density at radius 3 is 2.51 bits per heavy atom. The van der Waals surface area contributed by atoms with Gasteiger partial charge in [-0.15, -0.1) is 0 Å². The lowest BCUT2D eigenvalue weighted by Crippen LogP contribution is -2.26. The highest BCUT2D eigenvalue weighted by molar-refractivity contribution is 5.99. The lowest BCUT2D eigenvalue weighted by Gasteiger charge is -2.21. The van der Waals surface area contributed by atoms with Gasteiger partial charge >= 0.3 is 12.1 Å². The van der Waals surface area contributed by atoms with Crippen molar-refractivity contribution in [3.8, 4) is 11.3 Å². The fourth-order valence-electron chi connectivity index (χ4n) is 4.36. The van der Waals surface area contributed by atoms with Crippen LogP contribution in [0, 0.1) is 0 Å². The number of fused-ring (bicyclic) bond motifs is 2. The van der Waals surface area contributed by atoms with E-state index in [0.29, 0.717) is 34.5 Å². The van der Waals surface area contributed by atoms with E-state index in [9.17, 15) is 9.59 Å². The summed E-state index contributed by atoms with van der Waals surface area (Å²) in [5.74, 6) is -0.524. The zero-order chi connectivity index (χ0) is 27.7. The molecule has 4 heterocycles. The maximum Gasteiger partial charge on any atom is 0.420 e. The molecule has 0 aliphatic heterocycles. The summed E-state index contributed by atoms with van der Waals surface area (Å²) in [6, 6.07) is 15.6. The smallest absolute Gasteiger partial charge is 0.420 e. The van der Waals surface area contributed by atoms with Crippen LogP contribution in [0.15, 0.2) is 67.1 Å². The fraction of sp³-hybridized carbons (Fsp3) is 0.276. The molecular formula is C29H30N6O4. The second kappa shape index (κ2) is 10.2. The highest BCUT2D eigenvalue weighted by atomic mass is 16.6. The molecule has 1 aromatic carbocycles. The van der Waals surface area contributed by atoms with E-state index in [-0.39, 0.29) is 12.3 Å². The number of carbonyl (C=O) groups excluding carboxylic acids is 2. The van der Waals surface area contributed by atoms with Gasteiger partial charge in [-0.25, -0.2) is 28.6 Å². The van der Waals surface area contributed by atoms with E-state index in [4.69, 9.17) is 14.6 Å². The maximum absolute atomic E-state index is 13.1. The summed E-state index contributed by atoms with van der Waals surface area (Å²) in [4.78, 5) is 36.9. The average molecular weight is 527 g/mol. The third-order valence-corrected chi connectivity index (χ3v) is 6.04. The Hall–Kier alpha value is -4.73. The number of aromatic nitrogens is 5. The molecular weight excluding hydrogens is 496 g/mol. The number of esters is 1. The molecule has 0 N–H and O–H groups in total. The largest absolute Gasteiger partial charge is 0.461 e. The summed E-state index contributed by atoms with van der Waals surface area (Å²) in [6.45, 7) is 8.00. The van der Waals surface area contributed by atoms with E-state index in [0.717, 1.165) is 11.3 Å². The van der Waals surface area contributed by atoms with Gasteiger partial charge in [0.05, 0.1) is 24.2 Å². The van der Waals surface area contributed by atoms with Crippen molar-refractivity contribution in [3.63, 3.8) is 0 Å². The summed E-state index contributed by atoms with van der Waals surface area (Å²) >= 11 is 0. The van der Waals surface area contributed by atoms with E-state index in [1.807, 2.05) is 75.2 Å². The van der Waals surface area contributed by atoms with Crippen LogP contribution in [-0.4, -0.2) is 55.5 Å². The van der Waals surface area contributed by atoms with Gasteiger partial charge in [0.1, 0.15) is 11.2 Å². The van der Waals surface area contributed by atoms with Crippen LogP contribution in [0.1, 0.15) is 43.7 Å². The number of hydrogen-bond donors (Lipinski definition) is 0. The molecule has 200 valence electrons. The third kappa shape index (κ3) is 5.18. The number of rotatable bonds is 6. The van der Waals surface area contributed by atoms with Crippen LogP contribution in [0.4, 0.5) is 10.5 Å². The van der Waals surface area contributed by atoms with Crippen molar-refractivity contribution in [2.45, 2.75) is 39.8 Å². The molecule has 10 heteroatoms. The molecule has 39 heavy (non-hydrogen) atoms. The van der Waals surface area contributed by atoms with Crippen LogP contribution >= 0.6 is 0 Å². The minimum Gasteiger partial charge on any atom is -0.461 e. The molecule has 0 unspecified atom stereocenters. The zero-order valence-electron chi connectivity index (χ0n) is 22.6. The second-order valence-corrected chi connectivity index (χ2v) is 10.1. The van der Waals surface area contributed by atoms with E-state index in [1.54, 1.807) is 25.4 Å². The van der Waals surface area contributed by atoms with E-state index >= 15 is 0 Å². The molecule has 4 aromatic heterocycles. The van der Waals surface area contributed by atoms with Gasteiger partial charge < -0.3 is 14.4 Å². The lowest BCUT2D eigenvalue weighted by molar-refractivity contribution is 0.0513. The number of nitrogens with zero attached hydrogens (tertiary/aromatic N) is 6. The highest BCUT2D eigenvalue weighted by Crippen LogP contribution is 2.33. The molecule has 10 nitrogen and oxygen atoms in total. The number of anilines is 1. The second-order valence-electron chi connectivity index (χ2n) is 10.1. The Balaban J connectivity index is 1.70. The van der Waals surface area contributed by atoms with Crippen molar-refractivity contribution in [2.24, 2.45) is 0 Å². The van der Waals surface area contributed by atoms with Crippen molar-refractivity contribution >= 4 is 34.4 Å². The number of benzene rings is 1. The topological polar surface area (TPSA) is 104 Å². The van der Waals surface area contributed by atoms with E-state index in [2.05, 4.69) is 9.97 Å². The average Bonchev–Trinajstić information content (AvgIpc) is 3.50. The molecule has 5 aromatic rings. The number of ether oxygens (including phenoxy) is 2. The van der Waals surface area contributed by atoms with E-state index in [1.165, 1.54) is 15.3 Å². The Morgan fingerprint density at radius 2 is 1.79 bits per heavy atom. The van der Waals surface area contributed by atoms with Crippen molar-refractivity contribution in [1.82, 2.24) is 24.1 Å². The number of carbonyl (C=O) groups is 2. The fourth-order valence-corrected chi connectivity index (χ4v) is 4.36. The SMILES string of the molecule is CCOC(=O)c1cnc2c(N(C)Cc3ccccc3)cc(-c3cn(C(=O)OC(C)(C)C)c4ncccc34)nn12. The third-order valence-electron chi connectivity index (χ3n) is 6.04. The number of pyridine rings is 1. The van der Waals surface area contributed by atoms with Gasteiger partial charge in [0.15, 0.2) is 11.3 Å². The summed E-state index contributed by atoms with van der Waals surface area (Å²) in [5, 5.41) is 5.50. The molecule has 0 atom stereocenters. The highest BCUT2D eigenvalue weighted by Gasteiger charge is 2.25.